The molecule has 1 fully saturated rings. The van der Waals surface area contributed by atoms with Gasteiger partial charge in [0.05, 0.1) is 5.69 Å². The quantitative estimate of drug-likeness (QED) is 0.761. The van der Waals surface area contributed by atoms with Crippen LogP contribution in [0.4, 0.5) is 5.82 Å². The molecule has 5 heteroatoms. The highest BCUT2D eigenvalue weighted by Gasteiger charge is 2.25. The number of anilines is 1. The van der Waals surface area contributed by atoms with Gasteiger partial charge in [0.1, 0.15) is 11.6 Å². The summed E-state index contributed by atoms with van der Waals surface area (Å²) in [4.78, 5) is 25.5. The fourth-order valence-corrected chi connectivity index (χ4v) is 3.47. The molecule has 0 amide bonds. The van der Waals surface area contributed by atoms with E-state index in [1.807, 2.05) is 24.4 Å². The molecule has 0 radical (unpaired) electrons. The van der Waals surface area contributed by atoms with E-state index >= 15 is 0 Å². The number of rotatable bonds is 5. The number of hydrogen-bond acceptors (Lipinski definition) is 5. The van der Waals surface area contributed by atoms with Gasteiger partial charge in [-0.25, -0.2) is 4.98 Å². The summed E-state index contributed by atoms with van der Waals surface area (Å²) in [5, 5.41) is 1.78. The number of aryl methyl sites for hydroxylation is 1. The van der Waals surface area contributed by atoms with Gasteiger partial charge in [-0.2, -0.15) is 0 Å². The van der Waals surface area contributed by atoms with E-state index in [1.165, 1.54) is 5.56 Å². The summed E-state index contributed by atoms with van der Waals surface area (Å²) in [6.07, 6.45) is 9.85. The van der Waals surface area contributed by atoms with Crippen LogP contribution < -0.4 is 5.73 Å². The lowest BCUT2D eigenvalue weighted by Crippen LogP contribution is -2.23. The number of ketones is 1. The van der Waals surface area contributed by atoms with Crippen molar-refractivity contribution in [1.29, 1.82) is 0 Å². The summed E-state index contributed by atoms with van der Waals surface area (Å²) in [6.45, 7) is 2.11. The number of nitrogens with zero attached hydrogens (tertiary/aromatic N) is 3. The molecule has 0 unspecified atom stereocenters. The maximum atomic E-state index is 12.3. The second kappa shape index (κ2) is 6.83. The zero-order valence-corrected chi connectivity index (χ0v) is 14.9. The van der Waals surface area contributed by atoms with Gasteiger partial charge in [-0.3, -0.25) is 14.8 Å². The van der Waals surface area contributed by atoms with Crippen LogP contribution in [-0.4, -0.2) is 20.7 Å². The van der Waals surface area contributed by atoms with Gasteiger partial charge < -0.3 is 5.73 Å². The Hall–Kier alpha value is -2.82. The van der Waals surface area contributed by atoms with Crippen LogP contribution in [0.3, 0.4) is 0 Å². The Morgan fingerprint density at radius 3 is 2.85 bits per heavy atom. The molecule has 3 heterocycles. The molecule has 2 N–H and O–H groups in total. The molecule has 5 nitrogen and oxygen atoms in total. The molecule has 0 bridgehead atoms. The van der Waals surface area contributed by atoms with Crippen molar-refractivity contribution in [2.75, 3.05) is 5.73 Å². The Labute approximate surface area is 152 Å². The third-order valence-electron chi connectivity index (χ3n) is 5.29. The number of Topliss-reactive ketones (excluding diaryl/α,β-unsaturated/α-hetero) is 1. The maximum Gasteiger partial charge on any atom is 0.141 e. The first-order chi connectivity index (χ1) is 12.7. The monoisotopic (exact) mass is 346 g/mol. The Balaban J connectivity index is 1.73. The van der Waals surface area contributed by atoms with E-state index in [0.29, 0.717) is 18.0 Å². The van der Waals surface area contributed by atoms with Gasteiger partial charge in [-0.1, -0.05) is 13.3 Å². The number of carbonyl (C=O) groups is 1. The predicted octanol–water partition coefficient (Wildman–Crippen LogP) is 3.75. The summed E-state index contributed by atoms with van der Waals surface area (Å²) >= 11 is 0. The Morgan fingerprint density at radius 1 is 1.27 bits per heavy atom. The molecule has 0 aromatic carbocycles. The third kappa shape index (κ3) is 3.05. The molecular formula is C21H22N4O. The number of nitrogen functional groups attached to an aromatic ring is 1. The van der Waals surface area contributed by atoms with Crippen molar-refractivity contribution in [2.24, 2.45) is 5.92 Å². The van der Waals surface area contributed by atoms with Crippen LogP contribution >= 0.6 is 0 Å². The second-order valence-electron chi connectivity index (χ2n) is 6.95. The molecule has 0 spiro atoms. The highest BCUT2D eigenvalue weighted by atomic mass is 16.1. The lowest BCUT2D eigenvalue weighted by atomic mass is 9.81. The molecule has 1 aliphatic rings. The molecule has 26 heavy (non-hydrogen) atoms. The van der Waals surface area contributed by atoms with E-state index in [4.69, 9.17) is 5.73 Å². The maximum absolute atomic E-state index is 12.3. The third-order valence-corrected chi connectivity index (χ3v) is 5.29. The van der Waals surface area contributed by atoms with Crippen LogP contribution in [0.1, 0.15) is 37.4 Å². The van der Waals surface area contributed by atoms with Crippen LogP contribution in [0.5, 0.6) is 0 Å². The average Bonchev–Trinajstić information content (AvgIpc) is 2.59. The smallest absolute Gasteiger partial charge is 0.141 e. The summed E-state index contributed by atoms with van der Waals surface area (Å²) in [5.74, 6) is 0.978. The lowest BCUT2D eigenvalue weighted by molar-refractivity contribution is -0.124. The van der Waals surface area contributed by atoms with Crippen LogP contribution in [0, 0.1) is 5.92 Å². The molecule has 1 saturated carbocycles. The van der Waals surface area contributed by atoms with Crippen molar-refractivity contribution in [1.82, 2.24) is 15.0 Å². The van der Waals surface area contributed by atoms with Crippen LogP contribution in [0.25, 0.3) is 22.0 Å². The summed E-state index contributed by atoms with van der Waals surface area (Å²) in [7, 11) is 0. The van der Waals surface area contributed by atoms with Crippen molar-refractivity contribution >= 4 is 22.4 Å². The van der Waals surface area contributed by atoms with Crippen molar-refractivity contribution < 1.29 is 4.79 Å². The molecule has 3 aromatic rings. The zero-order valence-electron chi connectivity index (χ0n) is 14.9. The molecule has 3 aromatic heterocycles. The summed E-state index contributed by atoms with van der Waals surface area (Å²) < 4.78 is 0. The van der Waals surface area contributed by atoms with Gasteiger partial charge >= 0.3 is 0 Å². The van der Waals surface area contributed by atoms with Gasteiger partial charge in [-0.05, 0) is 48.4 Å². The number of carbonyl (C=O) groups excluding carboxylic acids is 1. The van der Waals surface area contributed by atoms with Gasteiger partial charge in [-0.15, -0.1) is 0 Å². The van der Waals surface area contributed by atoms with Crippen LogP contribution in [0.15, 0.2) is 36.8 Å². The number of nitrogens with two attached hydrogens (primary N) is 1. The first kappa shape index (κ1) is 16.6. The van der Waals surface area contributed by atoms with E-state index in [0.717, 1.165) is 53.4 Å². The van der Waals surface area contributed by atoms with Crippen molar-refractivity contribution in [3.63, 3.8) is 0 Å². The minimum absolute atomic E-state index is 0.230. The van der Waals surface area contributed by atoms with Crippen molar-refractivity contribution in [3.8, 4) is 11.3 Å². The van der Waals surface area contributed by atoms with Gasteiger partial charge in [0.15, 0.2) is 0 Å². The molecule has 1 aliphatic carbocycles. The molecular weight excluding hydrogens is 324 g/mol. The van der Waals surface area contributed by atoms with Crippen LogP contribution in [-0.2, 0) is 17.6 Å². The predicted molar refractivity (Wildman–Crippen MR) is 103 cm³/mol. The summed E-state index contributed by atoms with van der Waals surface area (Å²) in [5.41, 5.74) is 9.96. The van der Waals surface area contributed by atoms with E-state index < -0.39 is 0 Å². The van der Waals surface area contributed by atoms with Crippen molar-refractivity contribution in [3.05, 3.63) is 48.0 Å². The van der Waals surface area contributed by atoms with E-state index in [9.17, 15) is 4.79 Å². The number of hydrogen-bond donors (Lipinski definition) is 1. The minimum atomic E-state index is 0.230. The fourth-order valence-electron chi connectivity index (χ4n) is 3.47. The first-order valence-corrected chi connectivity index (χ1v) is 9.17. The Kier molecular flexibility index (Phi) is 4.37. The highest BCUT2D eigenvalue weighted by molar-refractivity contribution is 5.94. The number of fused-ring (bicyclic) bond motifs is 1. The summed E-state index contributed by atoms with van der Waals surface area (Å²) in [6, 6.07) is 5.99. The van der Waals surface area contributed by atoms with E-state index in [1.54, 1.807) is 12.4 Å². The molecule has 0 atom stereocenters. The van der Waals surface area contributed by atoms with Crippen LogP contribution in [0.2, 0.25) is 0 Å². The first-order valence-electron chi connectivity index (χ1n) is 9.17. The Morgan fingerprint density at radius 2 is 2.12 bits per heavy atom. The van der Waals surface area contributed by atoms with Gasteiger partial charge in [0.2, 0.25) is 0 Å². The lowest BCUT2D eigenvalue weighted by Gasteiger charge is -2.23. The molecule has 0 aliphatic heterocycles. The standard InChI is InChI=1S/C21H22N4O/c1-2-13-6-7-23-11-17(13)19-9-15-8-16(10-20(26)14-4-3-5-14)24-12-18(15)21(22)25-19/h6-9,11-12,14H,2-5,10H2,1H3,(H2,22,25). The highest BCUT2D eigenvalue weighted by Crippen LogP contribution is 2.30. The average molecular weight is 346 g/mol. The second-order valence-corrected chi connectivity index (χ2v) is 6.95. The van der Waals surface area contributed by atoms with Crippen molar-refractivity contribution in [2.45, 2.75) is 39.0 Å². The largest absolute Gasteiger partial charge is 0.383 e. The molecule has 4 rings (SSSR count). The normalized spacial score (nSPS) is 14.3. The minimum Gasteiger partial charge on any atom is -0.383 e. The van der Waals surface area contributed by atoms with E-state index in [2.05, 4.69) is 21.9 Å². The Bertz CT molecular complexity index is 979. The van der Waals surface area contributed by atoms with Gasteiger partial charge in [0, 0.05) is 47.6 Å². The molecule has 0 saturated heterocycles. The van der Waals surface area contributed by atoms with E-state index in [-0.39, 0.29) is 5.92 Å². The number of pyridine rings is 3. The topological polar surface area (TPSA) is 81.8 Å². The fraction of sp³-hybridized carbons (Fsp3) is 0.333. The zero-order chi connectivity index (χ0) is 18.1. The SMILES string of the molecule is CCc1ccncc1-c1cc2cc(CC(=O)C3CCC3)ncc2c(N)n1. The molecule has 132 valence electrons. The van der Waals surface area contributed by atoms with Gasteiger partial charge in [0.25, 0.3) is 0 Å². The number of aromatic nitrogens is 3.